The Morgan fingerprint density at radius 3 is 1.18 bits per heavy atom. The van der Waals surface area contributed by atoms with Crippen LogP contribution >= 0.6 is 0 Å². The molecule has 1 aliphatic rings. The molecule has 1 fully saturated rings. The van der Waals surface area contributed by atoms with Crippen LogP contribution in [-0.4, -0.2) is 15.2 Å². The molecule has 1 rings (SSSR count). The molecule has 0 unspecified atom stereocenters. The molecule has 6 heteroatoms. The third kappa shape index (κ3) is 18.7. The Kier molecular flexibility index (Phi) is 60.3. The second-order valence-electron chi connectivity index (χ2n) is 2.12. The molecule has 0 saturated carbocycles. The van der Waals surface area contributed by atoms with Gasteiger partial charge in [-0.2, -0.15) is 0 Å². The van der Waals surface area contributed by atoms with Gasteiger partial charge in [0.2, 0.25) is 15.2 Å². The van der Waals surface area contributed by atoms with Crippen LogP contribution in [-0.2, 0) is 0 Å². The smallest absolute Gasteiger partial charge is 1.00 e. The quantitative estimate of drug-likeness (QED) is 0.368. The van der Waals surface area contributed by atoms with Crippen LogP contribution in [0.1, 0.15) is 20.7 Å². The van der Waals surface area contributed by atoms with E-state index < -0.39 is 0 Å². The molecule has 68 valence electrons. The summed E-state index contributed by atoms with van der Waals surface area (Å²) < 4.78 is 0. The zero-order valence-electron chi connectivity index (χ0n) is 7.88. The van der Waals surface area contributed by atoms with Crippen molar-refractivity contribution >= 4 is 15.2 Å². The van der Waals surface area contributed by atoms with Crippen molar-refractivity contribution in [2.24, 2.45) is 0 Å². The topological polar surface area (TPSA) is 0 Å². The van der Waals surface area contributed by atoms with Gasteiger partial charge < -0.3 is 1.43 Å². The second-order valence-corrected chi connectivity index (χ2v) is 4.24. The minimum absolute atomic E-state index is 0. The van der Waals surface area contributed by atoms with Crippen molar-refractivity contribution in [3.05, 3.63) is 0 Å². The fourth-order valence-electron chi connectivity index (χ4n) is 1.06. The first-order chi connectivity index (χ1) is 3.00. The molecule has 1 heterocycles. The fourth-order valence-corrected chi connectivity index (χ4v) is 2.83. The summed E-state index contributed by atoms with van der Waals surface area (Å²) in [5.74, 6) is 0. The van der Waals surface area contributed by atoms with E-state index in [1.54, 1.807) is 23.4 Å². The number of hydrogen-bond acceptors (Lipinski definition) is 0. The average molecular weight is 218 g/mol. The maximum Gasteiger partial charge on any atom is 1.00 e. The van der Waals surface area contributed by atoms with E-state index in [9.17, 15) is 0 Å². The standard InChI is InChI=1S/C5H10.Al.4FH.K.2H/c1-3-5-4-2;;;;;;;;/h1-5H2;;4*1H;;;/q;;;;;;+1;;-1. The summed E-state index contributed by atoms with van der Waals surface area (Å²) in [5.41, 5.74) is 0. The zero-order valence-corrected chi connectivity index (χ0v) is 11.4. The van der Waals surface area contributed by atoms with E-state index in [2.05, 4.69) is 0 Å². The van der Waals surface area contributed by atoms with E-state index in [0.717, 1.165) is 0 Å². The minimum Gasteiger partial charge on any atom is -1.00 e. The first-order valence-electron chi connectivity index (χ1n) is 3.00. The van der Waals surface area contributed by atoms with Gasteiger partial charge in [-0.15, -0.1) is 0 Å². The molecule has 11 heavy (non-hydrogen) atoms. The van der Waals surface area contributed by atoms with Crippen LogP contribution in [0.25, 0.3) is 0 Å². The third-order valence-electron chi connectivity index (χ3n) is 1.50. The van der Waals surface area contributed by atoms with Crippen LogP contribution in [0.3, 0.4) is 0 Å². The van der Waals surface area contributed by atoms with Gasteiger partial charge in [0.25, 0.3) is 0 Å². The molecule has 0 spiro atoms. The third-order valence-corrected chi connectivity index (χ3v) is 3.50. The first-order valence-corrected chi connectivity index (χ1v) is 5.00. The molecule has 0 bridgehead atoms. The summed E-state index contributed by atoms with van der Waals surface area (Å²) in [6, 6.07) is 0. The van der Waals surface area contributed by atoms with Gasteiger partial charge in [-0.1, -0.05) is 29.8 Å². The number of hydrogen-bond donors (Lipinski definition) is 0. The monoisotopic (exact) mass is 218 g/mol. The summed E-state index contributed by atoms with van der Waals surface area (Å²) in [5, 5.41) is 3.28. The van der Waals surface area contributed by atoms with Gasteiger partial charge in [0, 0.05) is 0 Å². The minimum atomic E-state index is 0. The molecule has 0 atom stereocenters. The largest absolute Gasteiger partial charge is 1.00 e. The molecular weight excluding hydrogens is 202 g/mol. The Hall–Kier alpha value is 1.89. The molecule has 0 radical (unpaired) electrons. The molecule has 0 amide bonds. The Morgan fingerprint density at radius 1 is 0.727 bits per heavy atom. The zero-order chi connectivity index (χ0) is 4.24. The van der Waals surface area contributed by atoms with Crippen molar-refractivity contribution in [3.63, 3.8) is 0 Å². The normalized spacial score (nSPS) is 12.4. The van der Waals surface area contributed by atoms with Crippen molar-refractivity contribution < 1.29 is 71.6 Å². The van der Waals surface area contributed by atoms with Gasteiger partial charge >= 0.3 is 51.4 Å². The molecule has 0 aromatic heterocycles. The maximum absolute atomic E-state index is 1.64. The second kappa shape index (κ2) is 22.7. The molecule has 0 N–H and O–H groups in total. The summed E-state index contributed by atoms with van der Waals surface area (Å²) in [6.45, 7) is 0. The van der Waals surface area contributed by atoms with Gasteiger partial charge in [0.1, 0.15) is 0 Å². The SMILES string of the molecule is C1C[CH2][AlH][CH2]C1.F.F.F.F.[H-].[K+]. The van der Waals surface area contributed by atoms with Crippen LogP contribution in [0.15, 0.2) is 0 Å². The predicted octanol–water partition coefficient (Wildman–Crippen LogP) is -0.830. The van der Waals surface area contributed by atoms with Crippen LogP contribution in [0.5, 0.6) is 0 Å². The van der Waals surface area contributed by atoms with Crippen molar-refractivity contribution in [2.75, 3.05) is 0 Å². The van der Waals surface area contributed by atoms with E-state index in [1.807, 2.05) is 0 Å². The van der Waals surface area contributed by atoms with Gasteiger partial charge in [-0.05, 0) is 0 Å². The van der Waals surface area contributed by atoms with Crippen molar-refractivity contribution in [2.45, 2.75) is 29.8 Å². The van der Waals surface area contributed by atoms with Crippen LogP contribution in [0.2, 0.25) is 10.6 Å². The van der Waals surface area contributed by atoms with Gasteiger partial charge in [0.05, 0.1) is 0 Å². The molecule has 0 aromatic carbocycles. The molecule has 0 aromatic rings. The summed E-state index contributed by atoms with van der Waals surface area (Å²) in [4.78, 5) is 0. The summed E-state index contributed by atoms with van der Waals surface area (Å²) in [7, 11) is 0. The van der Waals surface area contributed by atoms with Crippen molar-refractivity contribution in [1.82, 2.24) is 0 Å². The van der Waals surface area contributed by atoms with Crippen molar-refractivity contribution in [3.8, 4) is 0 Å². The average Bonchev–Trinajstić information content (AvgIpc) is 1.72. The van der Waals surface area contributed by atoms with E-state index in [-0.39, 0.29) is 71.6 Å². The molecule has 0 nitrogen and oxygen atoms in total. The number of halogens is 4. The van der Waals surface area contributed by atoms with Gasteiger partial charge in [-0.3, -0.25) is 18.8 Å². The van der Waals surface area contributed by atoms with Crippen LogP contribution in [0.4, 0.5) is 18.8 Å². The van der Waals surface area contributed by atoms with Gasteiger partial charge in [0.15, 0.2) is 0 Å². The molecule has 1 saturated heterocycles. The van der Waals surface area contributed by atoms with E-state index in [1.165, 1.54) is 6.42 Å². The van der Waals surface area contributed by atoms with E-state index >= 15 is 0 Å². The summed E-state index contributed by atoms with van der Waals surface area (Å²) in [6.07, 6.45) is 4.66. The Labute approximate surface area is 115 Å². The Morgan fingerprint density at radius 2 is 1.09 bits per heavy atom. The van der Waals surface area contributed by atoms with E-state index in [0.29, 0.717) is 15.2 Å². The molecular formula is C5H16AlF4K. The Balaban J connectivity index is -0.0000000150. The number of rotatable bonds is 0. The molecule has 0 aliphatic carbocycles. The van der Waals surface area contributed by atoms with Crippen molar-refractivity contribution in [1.29, 1.82) is 0 Å². The Bertz CT molecular complexity index is 38.9. The maximum atomic E-state index is 1.64. The molecule has 1 aliphatic heterocycles. The van der Waals surface area contributed by atoms with Gasteiger partial charge in [-0.25, -0.2) is 0 Å². The predicted molar refractivity (Wildman–Crippen MR) is 41.7 cm³/mol. The van der Waals surface area contributed by atoms with Crippen LogP contribution in [0, 0.1) is 0 Å². The van der Waals surface area contributed by atoms with E-state index in [4.69, 9.17) is 0 Å². The fraction of sp³-hybridized carbons (Fsp3) is 1.00. The van der Waals surface area contributed by atoms with Crippen LogP contribution < -0.4 is 51.4 Å². The first kappa shape index (κ1) is 29.3. The summed E-state index contributed by atoms with van der Waals surface area (Å²) >= 11 is 0.508.